The molecular formula is C9H13N3O3S. The molecule has 0 radical (unpaired) electrons. The first kappa shape index (κ1) is 12.5. The van der Waals surface area contributed by atoms with Crippen LogP contribution in [0.1, 0.15) is 5.56 Å². The van der Waals surface area contributed by atoms with Crippen molar-refractivity contribution in [3.63, 3.8) is 0 Å². The number of carbonyl (C=O) groups is 1. The Morgan fingerprint density at radius 1 is 1.44 bits per heavy atom. The van der Waals surface area contributed by atoms with Crippen LogP contribution in [-0.4, -0.2) is 20.9 Å². The van der Waals surface area contributed by atoms with E-state index in [9.17, 15) is 13.2 Å². The van der Waals surface area contributed by atoms with Crippen molar-refractivity contribution >= 4 is 21.6 Å². The second-order valence-corrected chi connectivity index (χ2v) is 5.08. The Morgan fingerprint density at radius 3 is 2.56 bits per heavy atom. The van der Waals surface area contributed by atoms with E-state index in [4.69, 9.17) is 11.5 Å². The predicted molar refractivity (Wildman–Crippen MR) is 60.0 cm³/mol. The van der Waals surface area contributed by atoms with Crippen LogP contribution in [0.5, 0.6) is 0 Å². The number of hydrogen-bond donors (Lipinski definition) is 3. The lowest BCUT2D eigenvalue weighted by atomic mass is 10.2. The number of aryl methyl sites for hydroxylation is 1. The van der Waals surface area contributed by atoms with E-state index in [2.05, 4.69) is 4.72 Å². The number of nitrogens with one attached hydrogen (secondary N) is 1. The van der Waals surface area contributed by atoms with Crippen molar-refractivity contribution < 1.29 is 13.2 Å². The fourth-order valence-electron chi connectivity index (χ4n) is 1.04. The van der Waals surface area contributed by atoms with Crippen LogP contribution < -0.4 is 16.2 Å². The summed E-state index contributed by atoms with van der Waals surface area (Å²) in [6, 6.07) is 4.34. The largest absolute Gasteiger partial charge is 0.398 e. The smallest absolute Gasteiger partial charge is 0.241 e. The molecule has 0 saturated carbocycles. The number of anilines is 1. The van der Waals surface area contributed by atoms with E-state index >= 15 is 0 Å². The Balaban J connectivity index is 2.99. The van der Waals surface area contributed by atoms with Gasteiger partial charge < -0.3 is 11.5 Å². The summed E-state index contributed by atoms with van der Waals surface area (Å²) in [4.78, 5) is 10.5. The summed E-state index contributed by atoms with van der Waals surface area (Å²) in [6.07, 6.45) is 0. The summed E-state index contributed by atoms with van der Waals surface area (Å²) in [5.41, 5.74) is 11.6. The van der Waals surface area contributed by atoms with Gasteiger partial charge in [0.25, 0.3) is 0 Å². The maximum Gasteiger partial charge on any atom is 0.241 e. The molecule has 0 aliphatic carbocycles. The molecule has 0 spiro atoms. The van der Waals surface area contributed by atoms with Crippen LogP contribution in [0.4, 0.5) is 5.69 Å². The minimum atomic E-state index is -3.73. The molecule has 0 atom stereocenters. The van der Waals surface area contributed by atoms with Crippen molar-refractivity contribution in [1.82, 2.24) is 4.72 Å². The Kier molecular flexibility index (Phi) is 3.51. The fraction of sp³-hybridized carbons (Fsp3) is 0.222. The van der Waals surface area contributed by atoms with Gasteiger partial charge in [-0.2, -0.15) is 0 Å². The number of carbonyl (C=O) groups excluding carboxylic acids is 1. The summed E-state index contributed by atoms with van der Waals surface area (Å²) in [6.45, 7) is 1.33. The van der Waals surface area contributed by atoms with Crippen LogP contribution in [0.15, 0.2) is 23.1 Å². The molecule has 88 valence electrons. The molecule has 0 aliphatic heterocycles. The fourth-order valence-corrected chi connectivity index (χ4v) is 2.06. The standard InChI is InChI=1S/C9H13N3O3S/c1-6-2-3-7(4-8(6)10)16(14,15)12-5-9(11)13/h2-4,12H,5,10H2,1H3,(H2,11,13). The van der Waals surface area contributed by atoms with Gasteiger partial charge in [-0.3, -0.25) is 4.79 Å². The van der Waals surface area contributed by atoms with E-state index < -0.39 is 22.5 Å². The van der Waals surface area contributed by atoms with E-state index in [1.807, 2.05) is 0 Å². The minimum Gasteiger partial charge on any atom is -0.398 e. The first-order valence-corrected chi connectivity index (χ1v) is 5.95. The normalized spacial score (nSPS) is 11.3. The van der Waals surface area contributed by atoms with Crippen molar-refractivity contribution in [2.24, 2.45) is 5.73 Å². The SMILES string of the molecule is Cc1ccc(S(=O)(=O)NCC(N)=O)cc1N. The first-order chi connectivity index (χ1) is 7.33. The van der Waals surface area contributed by atoms with Crippen molar-refractivity contribution in [3.8, 4) is 0 Å². The number of nitrogen functional groups attached to an aromatic ring is 1. The van der Waals surface area contributed by atoms with Gasteiger partial charge in [0.15, 0.2) is 0 Å². The Hall–Kier alpha value is -1.60. The van der Waals surface area contributed by atoms with Crippen LogP contribution in [0, 0.1) is 6.92 Å². The average Bonchev–Trinajstić information content (AvgIpc) is 2.19. The molecule has 1 aromatic rings. The lowest BCUT2D eigenvalue weighted by Gasteiger charge is -2.07. The Labute approximate surface area is 93.7 Å². The Bertz CT molecular complexity index is 511. The van der Waals surface area contributed by atoms with E-state index in [0.717, 1.165) is 5.56 Å². The van der Waals surface area contributed by atoms with E-state index in [-0.39, 0.29) is 4.90 Å². The molecule has 0 fully saturated rings. The van der Waals surface area contributed by atoms with E-state index in [1.165, 1.54) is 12.1 Å². The average molecular weight is 243 g/mol. The van der Waals surface area contributed by atoms with Gasteiger partial charge in [0, 0.05) is 5.69 Å². The number of sulfonamides is 1. The van der Waals surface area contributed by atoms with Crippen LogP contribution in [0.2, 0.25) is 0 Å². The predicted octanol–water partition coefficient (Wildman–Crippen LogP) is -0.659. The lowest BCUT2D eigenvalue weighted by Crippen LogP contribution is -2.33. The van der Waals surface area contributed by atoms with Gasteiger partial charge >= 0.3 is 0 Å². The highest BCUT2D eigenvalue weighted by molar-refractivity contribution is 7.89. The molecule has 7 heteroatoms. The third kappa shape index (κ3) is 2.94. The van der Waals surface area contributed by atoms with Gasteiger partial charge in [0.05, 0.1) is 11.4 Å². The molecule has 16 heavy (non-hydrogen) atoms. The lowest BCUT2D eigenvalue weighted by molar-refractivity contribution is -0.116. The Morgan fingerprint density at radius 2 is 2.06 bits per heavy atom. The third-order valence-electron chi connectivity index (χ3n) is 2.00. The zero-order valence-corrected chi connectivity index (χ0v) is 9.54. The van der Waals surface area contributed by atoms with Gasteiger partial charge in [-0.25, -0.2) is 13.1 Å². The highest BCUT2D eigenvalue weighted by Crippen LogP contribution is 2.16. The van der Waals surface area contributed by atoms with Crippen molar-refractivity contribution in [3.05, 3.63) is 23.8 Å². The molecule has 5 N–H and O–H groups in total. The second kappa shape index (κ2) is 4.50. The molecule has 0 aromatic heterocycles. The summed E-state index contributed by atoms with van der Waals surface area (Å²) < 4.78 is 25.3. The summed E-state index contributed by atoms with van der Waals surface area (Å²) in [5.74, 6) is -0.747. The summed E-state index contributed by atoms with van der Waals surface area (Å²) in [7, 11) is -3.73. The maximum absolute atomic E-state index is 11.6. The molecule has 0 unspecified atom stereocenters. The zero-order valence-electron chi connectivity index (χ0n) is 8.73. The van der Waals surface area contributed by atoms with E-state index in [1.54, 1.807) is 13.0 Å². The zero-order chi connectivity index (χ0) is 12.3. The van der Waals surface area contributed by atoms with Crippen molar-refractivity contribution in [1.29, 1.82) is 0 Å². The quantitative estimate of drug-likeness (QED) is 0.609. The number of amides is 1. The number of nitrogens with two attached hydrogens (primary N) is 2. The maximum atomic E-state index is 11.6. The molecule has 1 amide bonds. The monoisotopic (exact) mass is 243 g/mol. The molecular weight excluding hydrogens is 230 g/mol. The van der Waals surface area contributed by atoms with E-state index in [0.29, 0.717) is 5.69 Å². The van der Waals surface area contributed by atoms with Crippen molar-refractivity contribution in [2.45, 2.75) is 11.8 Å². The molecule has 0 aliphatic rings. The first-order valence-electron chi connectivity index (χ1n) is 4.47. The third-order valence-corrected chi connectivity index (χ3v) is 3.40. The number of benzene rings is 1. The van der Waals surface area contributed by atoms with Gasteiger partial charge in [0.1, 0.15) is 0 Å². The summed E-state index contributed by atoms with van der Waals surface area (Å²) in [5, 5.41) is 0. The topological polar surface area (TPSA) is 115 Å². The minimum absolute atomic E-state index is 0.0110. The van der Waals surface area contributed by atoms with Crippen LogP contribution in [0.25, 0.3) is 0 Å². The van der Waals surface area contributed by atoms with Crippen LogP contribution in [-0.2, 0) is 14.8 Å². The molecule has 1 aromatic carbocycles. The second-order valence-electron chi connectivity index (χ2n) is 3.31. The summed E-state index contributed by atoms with van der Waals surface area (Å²) >= 11 is 0. The highest BCUT2D eigenvalue weighted by Gasteiger charge is 2.15. The van der Waals surface area contributed by atoms with Crippen molar-refractivity contribution in [2.75, 3.05) is 12.3 Å². The molecule has 0 saturated heterocycles. The van der Waals surface area contributed by atoms with Gasteiger partial charge in [-0.05, 0) is 24.6 Å². The van der Waals surface area contributed by atoms with Crippen LogP contribution in [0.3, 0.4) is 0 Å². The van der Waals surface area contributed by atoms with Gasteiger partial charge in [-0.15, -0.1) is 0 Å². The molecule has 0 bridgehead atoms. The van der Waals surface area contributed by atoms with Gasteiger partial charge in [0.2, 0.25) is 15.9 Å². The van der Waals surface area contributed by atoms with Crippen LogP contribution >= 0.6 is 0 Å². The molecule has 1 rings (SSSR count). The number of primary amides is 1. The number of hydrogen-bond acceptors (Lipinski definition) is 4. The molecule has 6 nitrogen and oxygen atoms in total. The molecule has 0 heterocycles. The van der Waals surface area contributed by atoms with Gasteiger partial charge in [-0.1, -0.05) is 6.07 Å². The highest BCUT2D eigenvalue weighted by atomic mass is 32.2. The number of rotatable bonds is 4.